The van der Waals surface area contributed by atoms with Gasteiger partial charge in [0, 0.05) is 12.1 Å². The Morgan fingerprint density at radius 3 is 2.93 bits per heavy atom. The van der Waals surface area contributed by atoms with Crippen LogP contribution in [0.3, 0.4) is 0 Å². The first kappa shape index (κ1) is 9.30. The lowest BCUT2D eigenvalue weighted by Crippen LogP contribution is -2.11. The van der Waals surface area contributed by atoms with Crippen LogP contribution < -0.4 is 5.32 Å². The first-order chi connectivity index (χ1) is 6.75. The fraction of sp³-hybridized carbons (Fsp3) is 0.556. The first-order valence-electron chi connectivity index (χ1n) is 4.60. The fourth-order valence-corrected chi connectivity index (χ4v) is 1.19. The van der Waals surface area contributed by atoms with Crippen molar-refractivity contribution in [2.75, 3.05) is 11.9 Å². The smallest absolute Gasteiger partial charge is 0.255 e. The summed E-state index contributed by atoms with van der Waals surface area (Å²) in [6, 6.07) is 1.61. The molecular weight excluding hydrogens is 188 g/mol. The van der Waals surface area contributed by atoms with E-state index < -0.39 is 6.43 Å². The first-order valence-corrected chi connectivity index (χ1v) is 4.60. The molecule has 0 unspecified atom stereocenters. The van der Waals surface area contributed by atoms with Gasteiger partial charge in [-0.15, -0.1) is 0 Å². The molecule has 0 bridgehead atoms. The van der Waals surface area contributed by atoms with Gasteiger partial charge in [-0.2, -0.15) is 0 Å². The second-order valence-corrected chi connectivity index (χ2v) is 3.35. The summed E-state index contributed by atoms with van der Waals surface area (Å²) in [5.74, 6) is 1.70. The van der Waals surface area contributed by atoms with Gasteiger partial charge >= 0.3 is 0 Å². The van der Waals surface area contributed by atoms with E-state index in [4.69, 9.17) is 0 Å². The second-order valence-electron chi connectivity index (χ2n) is 3.35. The van der Waals surface area contributed by atoms with Crippen LogP contribution in [0.4, 0.5) is 14.6 Å². The molecular formula is C9H11F2N3. The van der Waals surface area contributed by atoms with Gasteiger partial charge in [0.2, 0.25) is 0 Å². The maximum absolute atomic E-state index is 11.9. The molecule has 1 aliphatic rings. The zero-order valence-corrected chi connectivity index (χ0v) is 7.58. The number of hydrogen-bond acceptors (Lipinski definition) is 3. The zero-order valence-electron chi connectivity index (χ0n) is 7.58. The van der Waals surface area contributed by atoms with Crippen LogP contribution in [0.5, 0.6) is 0 Å². The van der Waals surface area contributed by atoms with E-state index in [1.807, 2.05) is 0 Å². The van der Waals surface area contributed by atoms with Crippen molar-refractivity contribution in [3.8, 4) is 0 Å². The molecule has 3 nitrogen and oxygen atoms in total. The van der Waals surface area contributed by atoms with Crippen LogP contribution in [0.1, 0.15) is 24.6 Å². The lowest BCUT2D eigenvalue weighted by molar-refractivity contribution is 0.163. The Balaban J connectivity index is 1.99. The Morgan fingerprint density at radius 2 is 2.29 bits per heavy atom. The molecule has 0 amide bonds. The van der Waals surface area contributed by atoms with Crippen LogP contribution in [0, 0.1) is 0 Å². The largest absolute Gasteiger partial charge is 0.364 e. The Bertz CT molecular complexity index is 313. The lowest BCUT2D eigenvalue weighted by Gasteiger charge is -2.05. The van der Waals surface area contributed by atoms with Gasteiger partial charge < -0.3 is 5.32 Å². The van der Waals surface area contributed by atoms with Crippen molar-refractivity contribution < 1.29 is 8.78 Å². The molecule has 0 aliphatic heterocycles. The number of nitrogens with one attached hydrogen (secondary N) is 1. The number of anilines is 1. The Hall–Kier alpha value is -1.26. The van der Waals surface area contributed by atoms with E-state index in [9.17, 15) is 8.78 Å². The van der Waals surface area contributed by atoms with Crippen molar-refractivity contribution in [3.63, 3.8) is 0 Å². The van der Waals surface area contributed by atoms with Crippen molar-refractivity contribution in [3.05, 3.63) is 18.1 Å². The molecule has 0 spiro atoms. The highest BCUT2D eigenvalue weighted by Crippen LogP contribution is 2.37. The van der Waals surface area contributed by atoms with Gasteiger partial charge in [-0.1, -0.05) is 0 Å². The third-order valence-electron chi connectivity index (χ3n) is 2.05. The third kappa shape index (κ3) is 2.37. The van der Waals surface area contributed by atoms with Crippen LogP contribution in [0.15, 0.2) is 12.3 Å². The molecule has 2 rings (SSSR count). The quantitative estimate of drug-likeness (QED) is 0.806. The minimum absolute atomic E-state index is 0.360. The molecule has 0 aromatic carbocycles. The van der Waals surface area contributed by atoms with Gasteiger partial charge in [0.05, 0.1) is 6.54 Å². The molecule has 5 heteroatoms. The number of aromatic nitrogens is 2. The van der Waals surface area contributed by atoms with E-state index in [2.05, 4.69) is 15.3 Å². The maximum atomic E-state index is 11.9. The lowest BCUT2D eigenvalue weighted by atomic mass is 10.4. The summed E-state index contributed by atoms with van der Waals surface area (Å²) in [7, 11) is 0. The normalized spacial score (nSPS) is 15.9. The predicted molar refractivity (Wildman–Crippen MR) is 48.5 cm³/mol. The molecule has 1 aromatic rings. The number of nitrogens with zero attached hydrogens (tertiary/aromatic N) is 2. The molecule has 1 heterocycles. The van der Waals surface area contributed by atoms with Crippen molar-refractivity contribution in [2.24, 2.45) is 0 Å². The van der Waals surface area contributed by atoms with Crippen molar-refractivity contribution in [1.82, 2.24) is 9.97 Å². The van der Waals surface area contributed by atoms with E-state index in [-0.39, 0.29) is 6.54 Å². The van der Waals surface area contributed by atoms with E-state index in [0.717, 1.165) is 18.7 Å². The topological polar surface area (TPSA) is 37.8 Å². The van der Waals surface area contributed by atoms with Crippen LogP contribution >= 0.6 is 0 Å². The van der Waals surface area contributed by atoms with E-state index in [0.29, 0.717) is 11.7 Å². The molecule has 14 heavy (non-hydrogen) atoms. The van der Waals surface area contributed by atoms with Crippen molar-refractivity contribution in [2.45, 2.75) is 25.2 Å². The average molecular weight is 199 g/mol. The van der Waals surface area contributed by atoms with Crippen LogP contribution in [-0.4, -0.2) is 22.9 Å². The summed E-state index contributed by atoms with van der Waals surface area (Å²) in [5, 5.41) is 2.57. The Kier molecular flexibility index (Phi) is 2.56. The van der Waals surface area contributed by atoms with E-state index in [1.165, 1.54) is 0 Å². The Labute approximate surface area is 80.6 Å². The zero-order chi connectivity index (χ0) is 9.97. The summed E-state index contributed by atoms with van der Waals surface area (Å²) in [4.78, 5) is 8.24. The van der Waals surface area contributed by atoms with Gasteiger partial charge in [0.15, 0.2) is 0 Å². The summed E-state index contributed by atoms with van der Waals surface area (Å²) < 4.78 is 23.8. The number of halogens is 2. The van der Waals surface area contributed by atoms with Gasteiger partial charge in [0.25, 0.3) is 6.43 Å². The van der Waals surface area contributed by atoms with Crippen LogP contribution in [0.2, 0.25) is 0 Å². The monoisotopic (exact) mass is 199 g/mol. The summed E-state index contributed by atoms with van der Waals surface area (Å²) >= 11 is 0. The second kappa shape index (κ2) is 3.86. The molecule has 1 N–H and O–H groups in total. The van der Waals surface area contributed by atoms with Gasteiger partial charge in [-0.05, 0) is 18.9 Å². The molecule has 0 atom stereocenters. The highest BCUT2D eigenvalue weighted by molar-refractivity contribution is 5.33. The van der Waals surface area contributed by atoms with Gasteiger partial charge in [0.1, 0.15) is 11.6 Å². The van der Waals surface area contributed by atoms with Crippen molar-refractivity contribution >= 4 is 5.82 Å². The number of rotatable bonds is 4. The van der Waals surface area contributed by atoms with Crippen LogP contribution in [-0.2, 0) is 0 Å². The minimum atomic E-state index is -2.35. The highest BCUT2D eigenvalue weighted by Gasteiger charge is 2.26. The summed E-state index contributed by atoms with van der Waals surface area (Å²) in [6.45, 7) is -0.360. The molecule has 1 saturated carbocycles. The Morgan fingerprint density at radius 1 is 1.50 bits per heavy atom. The molecule has 0 radical (unpaired) electrons. The summed E-state index contributed by atoms with van der Waals surface area (Å²) in [6.07, 6.45) is 1.47. The van der Waals surface area contributed by atoms with Crippen molar-refractivity contribution in [1.29, 1.82) is 0 Å². The molecule has 1 aliphatic carbocycles. The predicted octanol–water partition coefficient (Wildman–Crippen LogP) is 2.03. The summed E-state index contributed by atoms with van der Waals surface area (Å²) in [5.41, 5.74) is 0. The SMILES string of the molecule is FC(F)CNc1ccnc(C2CC2)n1. The minimum Gasteiger partial charge on any atom is -0.364 e. The third-order valence-corrected chi connectivity index (χ3v) is 2.05. The maximum Gasteiger partial charge on any atom is 0.255 e. The molecule has 1 aromatic heterocycles. The molecule has 76 valence electrons. The number of alkyl halides is 2. The standard InChI is InChI=1S/C9H11F2N3/c10-7(11)5-13-8-3-4-12-9(14-8)6-1-2-6/h3-4,6-7H,1-2,5H2,(H,12,13,14). The fourth-order valence-electron chi connectivity index (χ4n) is 1.19. The van der Waals surface area contributed by atoms with Gasteiger partial charge in [-0.3, -0.25) is 0 Å². The number of hydrogen-bond donors (Lipinski definition) is 1. The van der Waals surface area contributed by atoms with Gasteiger partial charge in [-0.25, -0.2) is 18.7 Å². The average Bonchev–Trinajstić information content (AvgIpc) is 2.98. The molecule has 0 saturated heterocycles. The van der Waals surface area contributed by atoms with E-state index in [1.54, 1.807) is 12.3 Å². The molecule has 1 fully saturated rings. The highest BCUT2D eigenvalue weighted by atomic mass is 19.3. The van der Waals surface area contributed by atoms with Crippen LogP contribution in [0.25, 0.3) is 0 Å². The van der Waals surface area contributed by atoms with E-state index >= 15 is 0 Å².